The van der Waals surface area contributed by atoms with Crippen molar-refractivity contribution in [1.29, 1.82) is 0 Å². The third-order valence-corrected chi connectivity index (χ3v) is 3.36. The molecular formula is C13H18N4. The van der Waals surface area contributed by atoms with Crippen LogP contribution in [-0.4, -0.2) is 28.0 Å². The molecule has 0 bridgehead atoms. The van der Waals surface area contributed by atoms with E-state index in [4.69, 9.17) is 0 Å². The first-order valence-corrected chi connectivity index (χ1v) is 6.33. The summed E-state index contributed by atoms with van der Waals surface area (Å²) in [5, 5.41) is 0. The van der Waals surface area contributed by atoms with Gasteiger partial charge in [0, 0.05) is 18.8 Å². The average molecular weight is 230 g/mol. The molecule has 4 heteroatoms. The number of H-pyrrole nitrogens is 1. The number of nitrogens with one attached hydrogen (secondary N) is 1. The van der Waals surface area contributed by atoms with Crippen molar-refractivity contribution in [3.63, 3.8) is 0 Å². The number of piperidine rings is 1. The van der Waals surface area contributed by atoms with Crippen LogP contribution >= 0.6 is 0 Å². The van der Waals surface area contributed by atoms with Gasteiger partial charge < -0.3 is 9.88 Å². The van der Waals surface area contributed by atoms with Crippen LogP contribution in [0.2, 0.25) is 0 Å². The zero-order valence-electron chi connectivity index (χ0n) is 10.5. The average Bonchev–Trinajstić information content (AvgIpc) is 2.69. The van der Waals surface area contributed by atoms with Gasteiger partial charge in [-0.1, -0.05) is 0 Å². The highest BCUT2D eigenvalue weighted by Crippen LogP contribution is 2.26. The first kappa shape index (κ1) is 10.6. The molecule has 0 spiro atoms. The van der Waals surface area contributed by atoms with Crippen molar-refractivity contribution >= 4 is 16.9 Å². The standard InChI is InChI=1S/C13H18N4/c1-9-8-11-12(14-9)13(16-10(2)15-11)17-6-4-3-5-7-17/h8,14H,3-7H2,1-2H3. The van der Waals surface area contributed by atoms with Crippen LogP contribution in [0.3, 0.4) is 0 Å². The van der Waals surface area contributed by atoms with Gasteiger partial charge in [0.1, 0.15) is 11.3 Å². The fourth-order valence-electron chi connectivity index (χ4n) is 2.58. The van der Waals surface area contributed by atoms with Crippen molar-refractivity contribution < 1.29 is 0 Å². The molecule has 0 unspecified atom stereocenters. The van der Waals surface area contributed by atoms with Crippen molar-refractivity contribution in [3.05, 3.63) is 17.6 Å². The maximum absolute atomic E-state index is 4.62. The monoisotopic (exact) mass is 230 g/mol. The maximum Gasteiger partial charge on any atom is 0.156 e. The van der Waals surface area contributed by atoms with Gasteiger partial charge in [0.15, 0.2) is 5.82 Å². The number of hydrogen-bond acceptors (Lipinski definition) is 3. The number of aryl methyl sites for hydroxylation is 2. The number of anilines is 1. The van der Waals surface area contributed by atoms with Gasteiger partial charge in [-0.3, -0.25) is 0 Å². The van der Waals surface area contributed by atoms with E-state index in [9.17, 15) is 0 Å². The predicted octanol–water partition coefficient (Wildman–Crippen LogP) is 2.57. The van der Waals surface area contributed by atoms with E-state index in [1.807, 2.05) is 6.92 Å². The Kier molecular flexibility index (Phi) is 2.50. The lowest BCUT2D eigenvalue weighted by Crippen LogP contribution is -2.30. The van der Waals surface area contributed by atoms with Gasteiger partial charge in [-0.05, 0) is 39.2 Å². The minimum atomic E-state index is 0.858. The molecule has 17 heavy (non-hydrogen) atoms. The van der Waals surface area contributed by atoms with Gasteiger partial charge in [-0.25, -0.2) is 9.97 Å². The molecule has 1 aliphatic rings. The second-order valence-electron chi connectivity index (χ2n) is 4.85. The SMILES string of the molecule is Cc1nc(N2CCCCC2)c2[nH]c(C)cc2n1. The van der Waals surface area contributed by atoms with E-state index >= 15 is 0 Å². The largest absolute Gasteiger partial charge is 0.355 e. The van der Waals surface area contributed by atoms with Crippen molar-refractivity contribution in [2.45, 2.75) is 33.1 Å². The molecule has 1 N–H and O–H groups in total. The van der Waals surface area contributed by atoms with Gasteiger partial charge in [0.25, 0.3) is 0 Å². The van der Waals surface area contributed by atoms with E-state index in [0.717, 1.165) is 41.5 Å². The van der Waals surface area contributed by atoms with E-state index in [0.29, 0.717) is 0 Å². The molecule has 2 aromatic heterocycles. The molecular weight excluding hydrogens is 212 g/mol. The number of hydrogen-bond donors (Lipinski definition) is 1. The Hall–Kier alpha value is -1.58. The maximum atomic E-state index is 4.62. The number of fused-ring (bicyclic) bond motifs is 1. The van der Waals surface area contributed by atoms with E-state index in [1.54, 1.807) is 0 Å². The summed E-state index contributed by atoms with van der Waals surface area (Å²) in [5.74, 6) is 1.94. The molecule has 0 atom stereocenters. The molecule has 3 heterocycles. The summed E-state index contributed by atoms with van der Waals surface area (Å²) in [6.45, 7) is 6.26. The van der Waals surface area contributed by atoms with Crippen LogP contribution in [0.4, 0.5) is 5.82 Å². The number of nitrogens with zero attached hydrogens (tertiary/aromatic N) is 3. The molecule has 90 valence electrons. The zero-order chi connectivity index (χ0) is 11.8. The second kappa shape index (κ2) is 4.02. The van der Waals surface area contributed by atoms with Crippen LogP contribution in [0.1, 0.15) is 30.8 Å². The summed E-state index contributed by atoms with van der Waals surface area (Å²) >= 11 is 0. The van der Waals surface area contributed by atoms with Crippen LogP contribution in [0.15, 0.2) is 6.07 Å². The number of aromatic nitrogens is 3. The molecule has 1 fully saturated rings. The summed E-state index contributed by atoms with van der Waals surface area (Å²) in [4.78, 5) is 14.9. The van der Waals surface area contributed by atoms with Crippen molar-refractivity contribution in [3.8, 4) is 0 Å². The Bertz CT molecular complexity index is 538. The van der Waals surface area contributed by atoms with E-state index in [-0.39, 0.29) is 0 Å². The highest BCUT2D eigenvalue weighted by Gasteiger charge is 2.17. The highest BCUT2D eigenvalue weighted by molar-refractivity contribution is 5.87. The molecule has 0 aliphatic carbocycles. The van der Waals surface area contributed by atoms with Crippen LogP contribution in [0, 0.1) is 13.8 Å². The first-order chi connectivity index (χ1) is 8.24. The number of rotatable bonds is 1. The minimum absolute atomic E-state index is 0.858. The Morgan fingerprint density at radius 2 is 1.88 bits per heavy atom. The third kappa shape index (κ3) is 1.88. The Morgan fingerprint density at radius 3 is 2.65 bits per heavy atom. The summed E-state index contributed by atoms with van der Waals surface area (Å²) in [5.41, 5.74) is 3.28. The Morgan fingerprint density at radius 1 is 1.12 bits per heavy atom. The number of aromatic amines is 1. The Balaban J connectivity index is 2.12. The van der Waals surface area contributed by atoms with Crippen LogP contribution in [0.5, 0.6) is 0 Å². The van der Waals surface area contributed by atoms with Crippen LogP contribution in [-0.2, 0) is 0 Å². The van der Waals surface area contributed by atoms with E-state index in [2.05, 4.69) is 32.8 Å². The summed E-state index contributed by atoms with van der Waals surface area (Å²) in [6, 6.07) is 2.09. The molecule has 0 saturated carbocycles. The molecule has 0 radical (unpaired) electrons. The van der Waals surface area contributed by atoms with E-state index in [1.165, 1.54) is 19.3 Å². The predicted molar refractivity (Wildman–Crippen MR) is 69.4 cm³/mol. The van der Waals surface area contributed by atoms with Gasteiger partial charge in [0.05, 0.1) is 5.52 Å². The lowest BCUT2D eigenvalue weighted by Gasteiger charge is -2.28. The summed E-state index contributed by atoms with van der Waals surface area (Å²) in [7, 11) is 0. The third-order valence-electron chi connectivity index (χ3n) is 3.36. The van der Waals surface area contributed by atoms with E-state index < -0.39 is 0 Å². The minimum Gasteiger partial charge on any atom is -0.355 e. The molecule has 0 amide bonds. The lowest BCUT2D eigenvalue weighted by atomic mass is 10.1. The van der Waals surface area contributed by atoms with Crippen LogP contribution in [0.25, 0.3) is 11.0 Å². The highest BCUT2D eigenvalue weighted by atomic mass is 15.2. The molecule has 3 rings (SSSR count). The summed E-state index contributed by atoms with van der Waals surface area (Å²) in [6.07, 6.45) is 3.88. The van der Waals surface area contributed by atoms with Gasteiger partial charge in [-0.15, -0.1) is 0 Å². The smallest absolute Gasteiger partial charge is 0.156 e. The fourth-order valence-corrected chi connectivity index (χ4v) is 2.58. The normalized spacial score (nSPS) is 16.7. The molecule has 2 aromatic rings. The van der Waals surface area contributed by atoms with Crippen molar-refractivity contribution in [2.24, 2.45) is 0 Å². The van der Waals surface area contributed by atoms with Crippen LogP contribution < -0.4 is 4.90 Å². The second-order valence-corrected chi connectivity index (χ2v) is 4.85. The lowest BCUT2D eigenvalue weighted by molar-refractivity contribution is 0.574. The molecule has 4 nitrogen and oxygen atoms in total. The fraction of sp³-hybridized carbons (Fsp3) is 0.538. The van der Waals surface area contributed by atoms with Gasteiger partial charge in [0.2, 0.25) is 0 Å². The zero-order valence-corrected chi connectivity index (χ0v) is 10.5. The van der Waals surface area contributed by atoms with Crippen molar-refractivity contribution in [1.82, 2.24) is 15.0 Å². The first-order valence-electron chi connectivity index (χ1n) is 6.33. The molecule has 0 aromatic carbocycles. The van der Waals surface area contributed by atoms with Crippen molar-refractivity contribution in [2.75, 3.05) is 18.0 Å². The summed E-state index contributed by atoms with van der Waals surface area (Å²) < 4.78 is 0. The van der Waals surface area contributed by atoms with Gasteiger partial charge in [-0.2, -0.15) is 0 Å². The molecule has 1 aliphatic heterocycles. The molecule has 1 saturated heterocycles. The quantitative estimate of drug-likeness (QED) is 0.819. The topological polar surface area (TPSA) is 44.8 Å². The van der Waals surface area contributed by atoms with Gasteiger partial charge >= 0.3 is 0 Å². The Labute approximate surface area is 101 Å².